The highest BCUT2D eigenvalue weighted by Crippen LogP contribution is 2.22. The maximum atomic E-state index is 13.0. The molecule has 1 saturated heterocycles. The number of hydrogen-bond donors (Lipinski definition) is 1. The summed E-state index contributed by atoms with van der Waals surface area (Å²) in [4.78, 5) is 31.4. The molecule has 0 spiro atoms. The van der Waals surface area contributed by atoms with Crippen molar-refractivity contribution in [1.82, 2.24) is 15.2 Å². The second kappa shape index (κ2) is 10.4. The summed E-state index contributed by atoms with van der Waals surface area (Å²) in [6, 6.07) is 13.2. The predicted molar refractivity (Wildman–Crippen MR) is 114 cm³/mol. The predicted octanol–water partition coefficient (Wildman–Crippen LogP) is 4.17. The fourth-order valence-electron chi connectivity index (χ4n) is 3.72. The van der Waals surface area contributed by atoms with Crippen molar-refractivity contribution in [3.63, 3.8) is 0 Å². The fraction of sp³-hybridized carbons (Fsp3) is 0.435. The number of piperidine rings is 1. The van der Waals surface area contributed by atoms with Crippen LogP contribution in [-0.2, 0) is 16.0 Å². The van der Waals surface area contributed by atoms with Gasteiger partial charge in [-0.15, -0.1) is 0 Å². The molecule has 1 N–H and O–H groups in total. The zero-order valence-electron chi connectivity index (χ0n) is 16.8. The Kier molecular flexibility index (Phi) is 7.64. The number of benzene rings is 1. The van der Waals surface area contributed by atoms with Gasteiger partial charge in [-0.2, -0.15) is 0 Å². The van der Waals surface area contributed by atoms with E-state index in [9.17, 15) is 9.59 Å². The zero-order chi connectivity index (χ0) is 20.6. The largest absolute Gasteiger partial charge is 0.347 e. The minimum atomic E-state index is -0.204. The molecule has 1 atom stereocenters. The van der Waals surface area contributed by atoms with Crippen LogP contribution in [0, 0.1) is 5.92 Å². The van der Waals surface area contributed by atoms with Crippen molar-refractivity contribution in [2.75, 3.05) is 13.1 Å². The number of nitrogens with zero attached hydrogens (tertiary/aromatic N) is 2. The molecule has 0 bridgehead atoms. The Bertz CT molecular complexity index is 803. The molecular formula is C23H28ClN3O2. The van der Waals surface area contributed by atoms with Crippen molar-refractivity contribution >= 4 is 23.4 Å². The number of rotatable bonds is 7. The lowest BCUT2D eigenvalue weighted by atomic mass is 9.94. The summed E-state index contributed by atoms with van der Waals surface area (Å²) >= 11 is 5.99. The molecule has 1 aromatic heterocycles. The number of amides is 2. The maximum Gasteiger partial charge on any atom is 0.223 e. The van der Waals surface area contributed by atoms with Crippen LogP contribution in [0.15, 0.2) is 48.7 Å². The van der Waals surface area contributed by atoms with Crippen LogP contribution < -0.4 is 5.32 Å². The van der Waals surface area contributed by atoms with E-state index >= 15 is 0 Å². The van der Waals surface area contributed by atoms with Gasteiger partial charge in [0, 0.05) is 36.6 Å². The molecule has 2 aromatic rings. The van der Waals surface area contributed by atoms with E-state index in [0.29, 0.717) is 43.8 Å². The van der Waals surface area contributed by atoms with Crippen molar-refractivity contribution in [3.05, 3.63) is 64.9 Å². The number of pyridine rings is 1. The molecule has 0 radical (unpaired) electrons. The van der Waals surface area contributed by atoms with Gasteiger partial charge in [-0.1, -0.05) is 36.7 Å². The quantitative estimate of drug-likeness (QED) is 0.740. The molecule has 1 aromatic carbocycles. The van der Waals surface area contributed by atoms with Gasteiger partial charge in [-0.05, 0) is 55.5 Å². The third kappa shape index (κ3) is 6.04. The van der Waals surface area contributed by atoms with Crippen LogP contribution >= 0.6 is 11.6 Å². The molecule has 0 saturated carbocycles. The van der Waals surface area contributed by atoms with Gasteiger partial charge in [-0.3, -0.25) is 14.6 Å². The summed E-state index contributed by atoms with van der Waals surface area (Å²) < 4.78 is 0. The van der Waals surface area contributed by atoms with Gasteiger partial charge < -0.3 is 10.2 Å². The summed E-state index contributed by atoms with van der Waals surface area (Å²) in [5, 5.41) is 3.89. The Morgan fingerprint density at radius 1 is 1.17 bits per heavy atom. The molecule has 5 nitrogen and oxygen atoms in total. The maximum absolute atomic E-state index is 13.0. The van der Waals surface area contributed by atoms with Crippen LogP contribution in [0.4, 0.5) is 0 Å². The Labute approximate surface area is 177 Å². The Morgan fingerprint density at radius 2 is 1.90 bits per heavy atom. The Balaban J connectivity index is 1.64. The zero-order valence-corrected chi connectivity index (χ0v) is 17.6. The molecule has 6 heteroatoms. The molecule has 1 aliphatic heterocycles. The first-order valence-electron chi connectivity index (χ1n) is 10.3. The third-order valence-electron chi connectivity index (χ3n) is 5.40. The molecule has 0 aliphatic carbocycles. The number of carbonyl (C=O) groups excluding carboxylic acids is 2. The number of likely N-dealkylation sites (tertiary alicyclic amines) is 1. The van der Waals surface area contributed by atoms with Gasteiger partial charge in [0.15, 0.2) is 0 Å². The average molecular weight is 414 g/mol. The van der Waals surface area contributed by atoms with Gasteiger partial charge >= 0.3 is 0 Å². The minimum absolute atomic E-state index is 0.0391. The van der Waals surface area contributed by atoms with Crippen LogP contribution in [0.25, 0.3) is 0 Å². The van der Waals surface area contributed by atoms with Crippen LogP contribution in [-0.4, -0.2) is 34.8 Å². The Hall–Kier alpha value is -2.40. The highest BCUT2D eigenvalue weighted by molar-refractivity contribution is 6.30. The fourth-order valence-corrected chi connectivity index (χ4v) is 3.85. The van der Waals surface area contributed by atoms with E-state index in [1.807, 2.05) is 54.3 Å². The lowest BCUT2D eigenvalue weighted by molar-refractivity contribution is -0.135. The first-order chi connectivity index (χ1) is 14.1. The number of carbonyl (C=O) groups is 2. The van der Waals surface area contributed by atoms with Gasteiger partial charge in [0.25, 0.3) is 0 Å². The topological polar surface area (TPSA) is 62.3 Å². The first-order valence-corrected chi connectivity index (χ1v) is 10.7. The molecule has 29 heavy (non-hydrogen) atoms. The lowest BCUT2D eigenvalue weighted by Gasteiger charge is -2.32. The smallest absolute Gasteiger partial charge is 0.223 e. The van der Waals surface area contributed by atoms with E-state index in [0.717, 1.165) is 17.7 Å². The summed E-state index contributed by atoms with van der Waals surface area (Å²) in [5.74, 6) is 0.162. The standard InChI is InChI=1S/C23H28ClN3O2/c1-2-5-22(28)27-14-11-18(12-15-27)23(29)26-21(20-6-3-4-13-25-20)16-17-7-9-19(24)10-8-17/h3-4,6-10,13,18,21H,2,5,11-12,14-16H2,1H3,(H,26,29)/t21-/m1/s1. The summed E-state index contributed by atoms with van der Waals surface area (Å²) in [6.45, 7) is 3.32. The summed E-state index contributed by atoms with van der Waals surface area (Å²) in [7, 11) is 0. The van der Waals surface area contributed by atoms with Crippen molar-refractivity contribution in [2.24, 2.45) is 5.92 Å². The minimum Gasteiger partial charge on any atom is -0.347 e. The highest BCUT2D eigenvalue weighted by atomic mass is 35.5. The van der Waals surface area contributed by atoms with E-state index in [1.165, 1.54) is 0 Å². The summed E-state index contributed by atoms with van der Waals surface area (Å²) in [5.41, 5.74) is 1.93. The van der Waals surface area contributed by atoms with Gasteiger partial charge in [0.05, 0.1) is 11.7 Å². The molecule has 3 rings (SSSR count). The number of hydrogen-bond acceptors (Lipinski definition) is 3. The number of aromatic nitrogens is 1. The second-order valence-electron chi connectivity index (χ2n) is 7.55. The van der Waals surface area contributed by atoms with E-state index in [2.05, 4.69) is 10.3 Å². The molecule has 2 heterocycles. The normalized spacial score (nSPS) is 15.7. The van der Waals surface area contributed by atoms with Crippen LogP contribution in [0.2, 0.25) is 5.02 Å². The number of nitrogens with one attached hydrogen (secondary N) is 1. The molecule has 154 valence electrons. The van der Waals surface area contributed by atoms with Crippen LogP contribution in [0.1, 0.15) is 49.9 Å². The van der Waals surface area contributed by atoms with Crippen LogP contribution in [0.5, 0.6) is 0 Å². The van der Waals surface area contributed by atoms with E-state index in [1.54, 1.807) is 6.20 Å². The van der Waals surface area contributed by atoms with Crippen molar-refractivity contribution in [2.45, 2.75) is 45.1 Å². The van der Waals surface area contributed by atoms with Gasteiger partial charge in [-0.25, -0.2) is 0 Å². The molecule has 0 unspecified atom stereocenters. The number of halogens is 1. The van der Waals surface area contributed by atoms with Crippen molar-refractivity contribution in [3.8, 4) is 0 Å². The molecular weight excluding hydrogens is 386 g/mol. The molecule has 1 fully saturated rings. The molecule has 1 aliphatic rings. The van der Waals surface area contributed by atoms with E-state index < -0.39 is 0 Å². The van der Waals surface area contributed by atoms with E-state index in [4.69, 9.17) is 11.6 Å². The Morgan fingerprint density at radius 3 is 2.52 bits per heavy atom. The van der Waals surface area contributed by atoms with E-state index in [-0.39, 0.29) is 23.8 Å². The molecule has 2 amide bonds. The van der Waals surface area contributed by atoms with Gasteiger partial charge in [0.2, 0.25) is 11.8 Å². The van der Waals surface area contributed by atoms with Crippen molar-refractivity contribution in [1.29, 1.82) is 0 Å². The summed E-state index contributed by atoms with van der Waals surface area (Å²) in [6.07, 6.45) is 5.24. The second-order valence-corrected chi connectivity index (χ2v) is 7.99. The average Bonchev–Trinajstić information content (AvgIpc) is 2.75. The van der Waals surface area contributed by atoms with Crippen molar-refractivity contribution < 1.29 is 9.59 Å². The lowest BCUT2D eigenvalue weighted by Crippen LogP contribution is -2.44. The van der Waals surface area contributed by atoms with Gasteiger partial charge in [0.1, 0.15) is 0 Å². The monoisotopic (exact) mass is 413 g/mol. The highest BCUT2D eigenvalue weighted by Gasteiger charge is 2.28. The third-order valence-corrected chi connectivity index (χ3v) is 5.65. The van der Waals surface area contributed by atoms with Crippen LogP contribution in [0.3, 0.4) is 0 Å². The first kappa shape index (κ1) is 21.3. The SMILES string of the molecule is CCCC(=O)N1CCC(C(=O)N[C@H](Cc2ccc(Cl)cc2)c2ccccn2)CC1.